The molecule has 1 amide bonds. The van der Waals surface area contributed by atoms with E-state index in [1.54, 1.807) is 10.9 Å². The van der Waals surface area contributed by atoms with Crippen LogP contribution < -0.4 is 4.74 Å². The van der Waals surface area contributed by atoms with Crippen molar-refractivity contribution in [2.24, 2.45) is 0 Å². The van der Waals surface area contributed by atoms with E-state index in [-0.39, 0.29) is 53.2 Å². The van der Waals surface area contributed by atoms with E-state index in [1.807, 2.05) is 0 Å². The molecule has 0 N–H and O–H groups in total. The van der Waals surface area contributed by atoms with Crippen molar-refractivity contribution >= 4 is 21.5 Å². The highest BCUT2D eigenvalue weighted by Crippen LogP contribution is 2.54. The topological polar surface area (TPSA) is 81.5 Å². The Labute approximate surface area is 220 Å². The molecule has 2 heterocycles. The third-order valence-electron chi connectivity index (χ3n) is 7.02. The summed E-state index contributed by atoms with van der Waals surface area (Å²) in [4.78, 5) is 13.3. The number of ether oxygens (including phenoxy) is 1. The van der Waals surface area contributed by atoms with Crippen LogP contribution in [0, 0.1) is 0 Å². The zero-order valence-electron chi connectivity index (χ0n) is 20.5. The molecule has 0 bridgehead atoms. The van der Waals surface area contributed by atoms with Crippen LogP contribution in [-0.4, -0.2) is 52.6 Å². The molecule has 1 aliphatic heterocycles. The van der Waals surface area contributed by atoms with Crippen molar-refractivity contribution in [2.45, 2.75) is 74.1 Å². The first kappa shape index (κ1) is 27.5. The minimum absolute atomic E-state index is 0.0101. The highest BCUT2D eigenvalue weighted by molar-refractivity contribution is 7.90. The number of hydrogen-bond donors (Lipinski definition) is 0. The van der Waals surface area contributed by atoms with Crippen LogP contribution in [0.3, 0.4) is 0 Å². The Morgan fingerprint density at radius 1 is 1.00 bits per heavy atom. The first-order valence-electron chi connectivity index (χ1n) is 12.4. The van der Waals surface area contributed by atoms with Gasteiger partial charge in [-0.1, -0.05) is 12.1 Å². The molecule has 0 radical (unpaired) electrons. The molecule has 2 aromatic rings. The molecule has 1 atom stereocenters. The van der Waals surface area contributed by atoms with Crippen LogP contribution in [0.4, 0.5) is 26.3 Å². The molecule has 39 heavy (non-hydrogen) atoms. The molecule has 0 spiro atoms. The van der Waals surface area contributed by atoms with Crippen LogP contribution in [0.25, 0.3) is 5.57 Å². The minimum Gasteiger partial charge on any atom is -0.494 e. The fraction of sp³-hybridized carbons (Fsp3) is 0.520. The van der Waals surface area contributed by atoms with Gasteiger partial charge in [-0.3, -0.25) is 9.48 Å². The van der Waals surface area contributed by atoms with Crippen LogP contribution in [0.15, 0.2) is 42.6 Å². The fourth-order valence-electron chi connectivity index (χ4n) is 4.76. The second kappa shape index (κ2) is 9.56. The van der Waals surface area contributed by atoms with E-state index in [1.165, 1.54) is 6.07 Å². The molecule has 0 saturated heterocycles. The van der Waals surface area contributed by atoms with Crippen LogP contribution in [0.2, 0.25) is 0 Å². The van der Waals surface area contributed by atoms with Crippen molar-refractivity contribution in [1.29, 1.82) is 0 Å². The Bertz CT molecular complexity index is 1380. The van der Waals surface area contributed by atoms with E-state index in [2.05, 4.69) is 5.10 Å². The number of amides is 1. The summed E-state index contributed by atoms with van der Waals surface area (Å²) in [6.45, 7) is -0.319. The quantitative estimate of drug-likeness (QED) is 0.290. The predicted molar refractivity (Wildman–Crippen MR) is 127 cm³/mol. The van der Waals surface area contributed by atoms with Gasteiger partial charge in [0.1, 0.15) is 5.75 Å². The third kappa shape index (κ3) is 5.39. The van der Waals surface area contributed by atoms with Crippen molar-refractivity contribution in [3.8, 4) is 5.75 Å². The van der Waals surface area contributed by atoms with Gasteiger partial charge in [0.25, 0.3) is 5.91 Å². The van der Waals surface area contributed by atoms with Crippen LogP contribution in [0.5, 0.6) is 5.75 Å². The van der Waals surface area contributed by atoms with Gasteiger partial charge < -0.3 is 4.74 Å². The zero-order valence-corrected chi connectivity index (χ0v) is 21.3. The Morgan fingerprint density at radius 3 is 2.23 bits per heavy atom. The first-order valence-corrected chi connectivity index (χ1v) is 13.9. The Kier molecular flexibility index (Phi) is 6.75. The molecular formula is C25H25F6N3O4S. The Morgan fingerprint density at radius 2 is 1.67 bits per heavy atom. The molecule has 14 heteroatoms. The van der Waals surface area contributed by atoms with Gasteiger partial charge in [0.15, 0.2) is 5.54 Å². The molecule has 3 aliphatic rings. The normalized spacial score (nSPS) is 22.7. The van der Waals surface area contributed by atoms with Crippen LogP contribution >= 0.6 is 0 Å². The number of aromatic nitrogens is 2. The molecule has 2 saturated carbocycles. The first-order chi connectivity index (χ1) is 18.2. The number of alkyl halides is 6. The molecule has 7 nitrogen and oxygen atoms in total. The average molecular weight is 578 g/mol. The van der Waals surface area contributed by atoms with Crippen LogP contribution in [0.1, 0.15) is 62.2 Å². The maximum Gasteiger partial charge on any atom is 0.417 e. The summed E-state index contributed by atoms with van der Waals surface area (Å²) in [7, 11) is -4.67. The van der Waals surface area contributed by atoms with Crippen molar-refractivity contribution in [3.05, 3.63) is 53.9 Å². The lowest BCUT2D eigenvalue weighted by atomic mass is 9.79. The lowest BCUT2D eigenvalue weighted by Gasteiger charge is -2.46. The summed E-state index contributed by atoms with van der Waals surface area (Å²) < 4.78 is 116. The maximum atomic E-state index is 15.2. The molecular weight excluding hydrogens is 552 g/mol. The van der Waals surface area contributed by atoms with Crippen molar-refractivity contribution in [1.82, 2.24) is 14.1 Å². The highest BCUT2D eigenvalue weighted by Gasteiger charge is 2.67. The van der Waals surface area contributed by atoms with Gasteiger partial charge in [0.05, 0.1) is 23.6 Å². The van der Waals surface area contributed by atoms with Gasteiger partial charge in [-0.05, 0) is 61.4 Å². The van der Waals surface area contributed by atoms with Crippen molar-refractivity contribution < 1.29 is 44.3 Å². The third-order valence-corrected chi connectivity index (χ3v) is 9.34. The number of sulfonamides is 1. The second-order valence-corrected chi connectivity index (χ2v) is 12.1. The second-order valence-electron chi connectivity index (χ2n) is 10.1. The van der Waals surface area contributed by atoms with E-state index >= 15 is 13.2 Å². The number of rotatable bonds is 9. The Hall–Kier alpha value is -3.03. The van der Waals surface area contributed by atoms with E-state index < -0.39 is 57.5 Å². The molecule has 212 valence electrons. The fourth-order valence-corrected chi connectivity index (χ4v) is 6.80. The van der Waals surface area contributed by atoms with E-state index in [0.717, 1.165) is 43.2 Å². The number of nitrogens with zero attached hydrogens (tertiary/aromatic N) is 3. The van der Waals surface area contributed by atoms with E-state index in [4.69, 9.17) is 4.74 Å². The SMILES string of the molecule is O=C1C=C(c2ccn(C3CC3)n2)CC(c2ccc(OCCCC(F)(F)F)cc2)(C(F)(F)F)N1S(=O)(=O)C1CC1. The zero-order chi connectivity index (χ0) is 28.2. The van der Waals surface area contributed by atoms with Crippen molar-refractivity contribution in [2.75, 3.05) is 6.61 Å². The summed E-state index contributed by atoms with van der Waals surface area (Å²) in [5, 5.41) is 3.25. The summed E-state index contributed by atoms with van der Waals surface area (Å²) in [5.74, 6) is -1.30. The smallest absolute Gasteiger partial charge is 0.417 e. The van der Waals surface area contributed by atoms with Gasteiger partial charge in [-0.25, -0.2) is 12.7 Å². The molecule has 1 aromatic carbocycles. The average Bonchev–Trinajstić information content (AvgIpc) is 3.78. The molecule has 1 unspecified atom stereocenters. The molecule has 1 aromatic heterocycles. The molecule has 2 aliphatic carbocycles. The minimum atomic E-state index is -5.22. The van der Waals surface area contributed by atoms with Gasteiger partial charge in [0.2, 0.25) is 10.0 Å². The number of carbonyl (C=O) groups excluding carboxylic acids is 1. The summed E-state index contributed by atoms with van der Waals surface area (Å²) in [6.07, 6.45) is -7.33. The standard InChI is InChI=1S/C25H25F6N3O4S/c26-24(27,28)11-1-13-38-19-6-2-17(3-7-19)23(25(29,30)31)15-16(21-10-12-33(32-21)18-4-5-18)14-22(35)34(23)39(36,37)20-8-9-20/h2-3,6-7,10,12,14,18,20H,1,4-5,8-9,11,13,15H2. The highest BCUT2D eigenvalue weighted by atomic mass is 32.2. The lowest BCUT2D eigenvalue weighted by Crippen LogP contribution is -2.62. The number of hydrogen-bond acceptors (Lipinski definition) is 5. The van der Waals surface area contributed by atoms with Gasteiger partial charge in [-0.2, -0.15) is 31.4 Å². The summed E-state index contributed by atoms with van der Waals surface area (Å²) in [5.41, 5.74) is -3.67. The van der Waals surface area contributed by atoms with Gasteiger partial charge in [-0.15, -0.1) is 0 Å². The van der Waals surface area contributed by atoms with Crippen LogP contribution in [-0.2, 0) is 20.4 Å². The monoisotopic (exact) mass is 577 g/mol. The van der Waals surface area contributed by atoms with Crippen molar-refractivity contribution in [3.63, 3.8) is 0 Å². The summed E-state index contributed by atoms with van der Waals surface area (Å²) in [6, 6.07) is 5.90. The molecule has 5 rings (SSSR count). The predicted octanol–water partition coefficient (Wildman–Crippen LogP) is 5.51. The number of benzene rings is 1. The van der Waals surface area contributed by atoms with E-state index in [0.29, 0.717) is 0 Å². The summed E-state index contributed by atoms with van der Waals surface area (Å²) >= 11 is 0. The largest absolute Gasteiger partial charge is 0.494 e. The molecule has 2 fully saturated rings. The van der Waals surface area contributed by atoms with E-state index in [9.17, 15) is 26.4 Å². The number of carbonyl (C=O) groups is 1. The maximum absolute atomic E-state index is 15.2. The number of halogens is 6. The Balaban J connectivity index is 1.53. The van der Waals surface area contributed by atoms with Gasteiger partial charge in [0, 0.05) is 25.1 Å². The lowest BCUT2D eigenvalue weighted by molar-refractivity contribution is -0.221. The van der Waals surface area contributed by atoms with Gasteiger partial charge >= 0.3 is 12.4 Å².